The van der Waals surface area contributed by atoms with Crippen molar-refractivity contribution < 1.29 is 18.5 Å². The number of hydrazine groups is 1. The SMILES string of the molecule is O=C(NNc1ncnc(NCc2ccco2)c1[N+](=O)[O-])c1ccccc1F. The van der Waals surface area contributed by atoms with Gasteiger partial charge in [-0.3, -0.25) is 25.8 Å². The smallest absolute Gasteiger partial charge is 0.354 e. The summed E-state index contributed by atoms with van der Waals surface area (Å²) in [5.74, 6) is -1.33. The van der Waals surface area contributed by atoms with Gasteiger partial charge in [0.1, 0.15) is 17.9 Å². The largest absolute Gasteiger partial charge is 0.467 e. The summed E-state index contributed by atoms with van der Waals surface area (Å²) >= 11 is 0. The van der Waals surface area contributed by atoms with E-state index in [-0.39, 0.29) is 23.7 Å². The fourth-order valence-electron chi connectivity index (χ4n) is 2.19. The predicted octanol–water partition coefficient (Wildman–Crippen LogP) is 2.49. The van der Waals surface area contributed by atoms with Gasteiger partial charge in [-0.05, 0) is 24.3 Å². The number of rotatable bonds is 7. The molecule has 0 unspecified atom stereocenters. The topological polar surface area (TPSA) is 135 Å². The maximum Gasteiger partial charge on any atom is 0.354 e. The van der Waals surface area contributed by atoms with E-state index in [0.29, 0.717) is 5.76 Å². The average Bonchev–Trinajstić information content (AvgIpc) is 3.18. The lowest BCUT2D eigenvalue weighted by atomic mass is 10.2. The van der Waals surface area contributed by atoms with E-state index >= 15 is 0 Å². The molecule has 0 spiro atoms. The fraction of sp³-hybridized carbons (Fsp3) is 0.0625. The Morgan fingerprint density at radius 2 is 1.96 bits per heavy atom. The van der Waals surface area contributed by atoms with Gasteiger partial charge in [0, 0.05) is 0 Å². The molecule has 1 aromatic carbocycles. The fourth-order valence-corrected chi connectivity index (χ4v) is 2.19. The van der Waals surface area contributed by atoms with Crippen molar-refractivity contribution in [2.45, 2.75) is 6.54 Å². The number of hydrogen-bond acceptors (Lipinski definition) is 8. The van der Waals surface area contributed by atoms with Gasteiger partial charge in [0.15, 0.2) is 0 Å². The van der Waals surface area contributed by atoms with E-state index in [0.717, 1.165) is 12.4 Å². The van der Waals surface area contributed by atoms with Gasteiger partial charge >= 0.3 is 5.69 Å². The van der Waals surface area contributed by atoms with Crippen LogP contribution in [-0.2, 0) is 6.54 Å². The average molecular weight is 372 g/mol. The van der Waals surface area contributed by atoms with E-state index in [9.17, 15) is 19.3 Å². The van der Waals surface area contributed by atoms with Crippen LogP contribution in [0.25, 0.3) is 0 Å². The first kappa shape index (κ1) is 17.8. The van der Waals surface area contributed by atoms with Crippen LogP contribution >= 0.6 is 0 Å². The number of nitrogens with zero attached hydrogens (tertiary/aromatic N) is 3. The third-order valence-corrected chi connectivity index (χ3v) is 3.43. The van der Waals surface area contributed by atoms with Gasteiger partial charge < -0.3 is 9.73 Å². The van der Waals surface area contributed by atoms with Crippen LogP contribution in [0.3, 0.4) is 0 Å². The van der Waals surface area contributed by atoms with E-state index in [4.69, 9.17) is 4.42 Å². The van der Waals surface area contributed by atoms with E-state index in [1.54, 1.807) is 12.1 Å². The quantitative estimate of drug-likeness (QED) is 0.425. The zero-order chi connectivity index (χ0) is 19.2. The molecular formula is C16H13FN6O4. The Kier molecular flexibility index (Phi) is 5.21. The number of aromatic nitrogens is 2. The number of nitro groups is 1. The van der Waals surface area contributed by atoms with Crippen molar-refractivity contribution in [2.24, 2.45) is 0 Å². The highest BCUT2D eigenvalue weighted by Crippen LogP contribution is 2.28. The first-order valence-electron chi connectivity index (χ1n) is 7.63. The van der Waals surface area contributed by atoms with Crippen LogP contribution in [0, 0.1) is 15.9 Å². The summed E-state index contributed by atoms with van der Waals surface area (Å²) in [5.41, 5.74) is 3.80. The van der Waals surface area contributed by atoms with Crippen molar-refractivity contribution in [2.75, 3.05) is 10.7 Å². The Labute approximate surface area is 151 Å². The highest BCUT2D eigenvalue weighted by Gasteiger charge is 2.24. The molecule has 0 saturated heterocycles. The van der Waals surface area contributed by atoms with E-state index < -0.39 is 22.3 Å². The summed E-state index contributed by atoms with van der Waals surface area (Å²) in [7, 11) is 0. The maximum absolute atomic E-state index is 13.6. The monoisotopic (exact) mass is 372 g/mol. The molecule has 0 fully saturated rings. The first-order chi connectivity index (χ1) is 13.1. The maximum atomic E-state index is 13.6. The summed E-state index contributed by atoms with van der Waals surface area (Å²) in [6.07, 6.45) is 2.55. The second kappa shape index (κ2) is 7.91. The standard InChI is InChI=1S/C16H13FN6O4/c17-12-6-2-1-5-11(12)16(24)22-21-15-13(23(25)26)14(19-9-20-15)18-8-10-4-3-7-27-10/h1-7,9H,8H2,(H,22,24)(H2,18,19,20,21). The number of carbonyl (C=O) groups excluding carboxylic acids is 1. The third kappa shape index (κ3) is 4.15. The summed E-state index contributed by atoms with van der Waals surface area (Å²) < 4.78 is 18.8. The minimum absolute atomic E-state index is 0.0750. The van der Waals surface area contributed by atoms with E-state index in [1.807, 2.05) is 0 Å². The minimum Gasteiger partial charge on any atom is -0.467 e. The lowest BCUT2D eigenvalue weighted by Crippen LogP contribution is -2.31. The summed E-state index contributed by atoms with van der Waals surface area (Å²) in [6.45, 7) is 0.159. The molecule has 1 amide bonds. The first-order valence-corrected chi connectivity index (χ1v) is 7.63. The van der Waals surface area contributed by atoms with Crippen LogP contribution < -0.4 is 16.2 Å². The van der Waals surface area contributed by atoms with Gasteiger partial charge in [-0.1, -0.05) is 12.1 Å². The van der Waals surface area contributed by atoms with Crippen LogP contribution in [0.15, 0.2) is 53.4 Å². The molecule has 2 aromatic heterocycles. The molecule has 2 heterocycles. The van der Waals surface area contributed by atoms with E-state index in [2.05, 4.69) is 26.1 Å². The third-order valence-electron chi connectivity index (χ3n) is 3.43. The number of amides is 1. The number of hydrogen-bond donors (Lipinski definition) is 3. The number of furan rings is 1. The van der Waals surface area contributed by atoms with Crippen molar-refractivity contribution in [1.29, 1.82) is 0 Å². The molecule has 10 nitrogen and oxygen atoms in total. The normalized spacial score (nSPS) is 10.3. The second-order valence-electron chi connectivity index (χ2n) is 5.17. The van der Waals surface area contributed by atoms with Gasteiger partial charge in [0.2, 0.25) is 11.6 Å². The molecule has 27 heavy (non-hydrogen) atoms. The number of anilines is 2. The number of halogens is 1. The molecule has 0 bridgehead atoms. The van der Waals surface area contributed by atoms with Crippen molar-refractivity contribution >= 4 is 23.2 Å². The Bertz CT molecular complexity index is 963. The van der Waals surface area contributed by atoms with Crippen molar-refractivity contribution in [3.05, 3.63) is 76.2 Å². The molecule has 3 rings (SSSR count). The molecule has 0 aliphatic carbocycles. The van der Waals surface area contributed by atoms with Crippen molar-refractivity contribution in [3.63, 3.8) is 0 Å². The molecule has 3 N–H and O–H groups in total. The zero-order valence-corrected chi connectivity index (χ0v) is 13.7. The zero-order valence-electron chi connectivity index (χ0n) is 13.7. The van der Waals surface area contributed by atoms with Crippen LogP contribution in [-0.4, -0.2) is 20.8 Å². The van der Waals surface area contributed by atoms with Crippen molar-refractivity contribution in [1.82, 2.24) is 15.4 Å². The molecule has 0 aliphatic rings. The highest BCUT2D eigenvalue weighted by molar-refractivity contribution is 5.95. The Morgan fingerprint density at radius 1 is 1.19 bits per heavy atom. The van der Waals surface area contributed by atoms with Gasteiger partial charge in [0.05, 0.1) is 23.3 Å². The number of nitrogens with one attached hydrogen (secondary N) is 3. The predicted molar refractivity (Wildman–Crippen MR) is 92.2 cm³/mol. The number of carbonyl (C=O) groups is 1. The van der Waals surface area contributed by atoms with Crippen LogP contribution in [0.4, 0.5) is 21.7 Å². The van der Waals surface area contributed by atoms with Gasteiger partial charge in [-0.2, -0.15) is 0 Å². The Morgan fingerprint density at radius 3 is 2.67 bits per heavy atom. The van der Waals surface area contributed by atoms with Crippen LogP contribution in [0.5, 0.6) is 0 Å². The molecule has 0 atom stereocenters. The molecular weight excluding hydrogens is 359 g/mol. The lowest BCUT2D eigenvalue weighted by molar-refractivity contribution is -0.383. The van der Waals surface area contributed by atoms with Gasteiger partial charge in [-0.25, -0.2) is 14.4 Å². The Balaban J connectivity index is 1.76. The molecule has 3 aromatic rings. The molecule has 0 aliphatic heterocycles. The molecule has 11 heteroatoms. The van der Waals surface area contributed by atoms with Crippen LogP contribution in [0.2, 0.25) is 0 Å². The summed E-state index contributed by atoms with van der Waals surface area (Å²) in [4.78, 5) is 30.3. The summed E-state index contributed by atoms with van der Waals surface area (Å²) in [6, 6.07) is 8.69. The van der Waals surface area contributed by atoms with Crippen molar-refractivity contribution in [3.8, 4) is 0 Å². The lowest BCUT2D eigenvalue weighted by Gasteiger charge is -2.10. The second-order valence-corrected chi connectivity index (χ2v) is 5.17. The molecule has 138 valence electrons. The van der Waals surface area contributed by atoms with E-state index in [1.165, 1.54) is 24.5 Å². The van der Waals surface area contributed by atoms with Gasteiger partial charge in [-0.15, -0.1) is 0 Å². The molecule has 0 saturated carbocycles. The minimum atomic E-state index is -0.814. The van der Waals surface area contributed by atoms with Crippen LogP contribution in [0.1, 0.15) is 16.1 Å². The highest BCUT2D eigenvalue weighted by atomic mass is 19.1. The number of benzene rings is 1. The molecule has 0 radical (unpaired) electrons. The van der Waals surface area contributed by atoms with Gasteiger partial charge in [0.25, 0.3) is 5.91 Å². The summed E-state index contributed by atoms with van der Waals surface area (Å²) in [5, 5.41) is 14.2. The Hall–Kier alpha value is -4.02.